The van der Waals surface area contributed by atoms with E-state index in [-0.39, 0.29) is 5.88 Å². The Balaban J connectivity index is 2.64. The first-order valence-corrected chi connectivity index (χ1v) is 4.86. The lowest BCUT2D eigenvalue weighted by Gasteiger charge is -2.09. The summed E-state index contributed by atoms with van der Waals surface area (Å²) in [6.45, 7) is 1.41. The molecule has 1 aromatic heterocycles. The third-order valence-electron chi connectivity index (χ3n) is 2.07. The van der Waals surface area contributed by atoms with Crippen LogP contribution in [-0.4, -0.2) is 22.6 Å². The van der Waals surface area contributed by atoms with E-state index in [2.05, 4.69) is 5.10 Å². The summed E-state index contributed by atoms with van der Waals surface area (Å²) in [5.74, 6) is 0.195. The van der Waals surface area contributed by atoms with E-state index in [9.17, 15) is 13.2 Å². The fraction of sp³-hybridized carbons (Fsp3) is 0.667. The molecule has 1 rings (SSSR count). The van der Waals surface area contributed by atoms with Crippen molar-refractivity contribution in [3.05, 3.63) is 5.69 Å². The first-order valence-electron chi connectivity index (χ1n) is 4.86. The zero-order valence-corrected chi connectivity index (χ0v) is 9.14. The Kier molecular flexibility index (Phi) is 3.66. The molecule has 2 N–H and O–H groups in total. The SMILES string of the molecule is CCc1nn(C)c(OCCC(F)(F)F)c1N. The molecule has 0 amide bonds. The van der Waals surface area contributed by atoms with Gasteiger partial charge in [0.15, 0.2) is 0 Å². The Morgan fingerprint density at radius 2 is 2.06 bits per heavy atom. The minimum atomic E-state index is -4.22. The third-order valence-corrected chi connectivity index (χ3v) is 2.07. The maximum atomic E-state index is 11.9. The van der Waals surface area contributed by atoms with Crippen molar-refractivity contribution in [1.29, 1.82) is 0 Å². The molecule has 0 aliphatic rings. The van der Waals surface area contributed by atoms with Crippen molar-refractivity contribution < 1.29 is 17.9 Å². The normalized spacial score (nSPS) is 11.8. The number of ether oxygens (including phenoxy) is 1. The average molecular weight is 237 g/mol. The van der Waals surface area contributed by atoms with Gasteiger partial charge >= 0.3 is 6.18 Å². The molecule has 16 heavy (non-hydrogen) atoms. The second-order valence-electron chi connectivity index (χ2n) is 3.36. The van der Waals surface area contributed by atoms with Crippen molar-refractivity contribution in [2.45, 2.75) is 25.9 Å². The van der Waals surface area contributed by atoms with Crippen LogP contribution >= 0.6 is 0 Å². The monoisotopic (exact) mass is 237 g/mol. The summed E-state index contributed by atoms with van der Waals surface area (Å²) < 4.78 is 42.0. The van der Waals surface area contributed by atoms with Gasteiger partial charge in [-0.15, -0.1) is 0 Å². The third kappa shape index (κ3) is 3.04. The predicted octanol–water partition coefficient (Wildman–Crippen LogP) is 1.90. The van der Waals surface area contributed by atoms with E-state index in [0.717, 1.165) is 0 Å². The van der Waals surface area contributed by atoms with Crippen LogP contribution in [0.5, 0.6) is 5.88 Å². The van der Waals surface area contributed by atoms with Gasteiger partial charge in [-0.05, 0) is 6.42 Å². The van der Waals surface area contributed by atoms with E-state index in [0.29, 0.717) is 17.8 Å². The Hall–Kier alpha value is -1.40. The number of rotatable bonds is 4. The lowest BCUT2D eigenvalue weighted by Crippen LogP contribution is -2.14. The molecular weight excluding hydrogens is 223 g/mol. The van der Waals surface area contributed by atoms with Gasteiger partial charge in [0.05, 0.1) is 18.7 Å². The van der Waals surface area contributed by atoms with E-state index in [1.54, 1.807) is 7.05 Å². The highest BCUT2D eigenvalue weighted by molar-refractivity contribution is 5.53. The lowest BCUT2D eigenvalue weighted by atomic mass is 10.3. The minimum Gasteiger partial charge on any atom is -0.476 e. The van der Waals surface area contributed by atoms with Gasteiger partial charge in [-0.25, -0.2) is 4.68 Å². The Labute approximate surface area is 91.2 Å². The number of halogens is 3. The van der Waals surface area contributed by atoms with Gasteiger partial charge in [0.2, 0.25) is 5.88 Å². The van der Waals surface area contributed by atoms with Crippen LogP contribution in [-0.2, 0) is 13.5 Å². The van der Waals surface area contributed by atoms with Crippen molar-refractivity contribution in [3.8, 4) is 5.88 Å². The highest BCUT2D eigenvalue weighted by atomic mass is 19.4. The number of nitrogen functional groups attached to an aromatic ring is 1. The first kappa shape index (κ1) is 12.7. The number of anilines is 1. The molecule has 1 aromatic rings. The van der Waals surface area contributed by atoms with Gasteiger partial charge in [-0.3, -0.25) is 0 Å². The zero-order chi connectivity index (χ0) is 12.3. The number of aromatic nitrogens is 2. The Bertz CT molecular complexity index is 360. The van der Waals surface area contributed by atoms with E-state index in [1.807, 2.05) is 6.92 Å². The van der Waals surface area contributed by atoms with Crippen LogP contribution in [0.2, 0.25) is 0 Å². The average Bonchev–Trinajstić information content (AvgIpc) is 2.42. The van der Waals surface area contributed by atoms with Crippen molar-refractivity contribution in [2.75, 3.05) is 12.3 Å². The molecule has 0 spiro atoms. The van der Waals surface area contributed by atoms with E-state index >= 15 is 0 Å². The summed E-state index contributed by atoms with van der Waals surface area (Å²) in [5, 5.41) is 4.03. The lowest BCUT2D eigenvalue weighted by molar-refractivity contribution is -0.139. The second-order valence-corrected chi connectivity index (χ2v) is 3.36. The van der Waals surface area contributed by atoms with Crippen LogP contribution < -0.4 is 10.5 Å². The maximum absolute atomic E-state index is 11.9. The molecule has 0 radical (unpaired) electrons. The number of nitrogens with zero attached hydrogens (tertiary/aromatic N) is 2. The first-order chi connectivity index (χ1) is 7.35. The molecule has 0 atom stereocenters. The standard InChI is InChI=1S/C9H14F3N3O/c1-3-6-7(13)8(15(2)14-6)16-5-4-9(10,11)12/h3-5,13H2,1-2H3. The molecule has 0 aliphatic heterocycles. The summed E-state index contributed by atoms with van der Waals surface area (Å²) in [4.78, 5) is 0. The van der Waals surface area contributed by atoms with Crippen LogP contribution in [0.25, 0.3) is 0 Å². The zero-order valence-electron chi connectivity index (χ0n) is 9.14. The summed E-state index contributed by atoms with van der Waals surface area (Å²) in [6, 6.07) is 0. The number of alkyl halides is 3. The predicted molar refractivity (Wildman–Crippen MR) is 53.2 cm³/mol. The van der Waals surface area contributed by atoms with Gasteiger partial charge in [0, 0.05) is 7.05 Å². The fourth-order valence-corrected chi connectivity index (χ4v) is 1.27. The maximum Gasteiger partial charge on any atom is 0.392 e. The van der Waals surface area contributed by atoms with E-state index in [1.165, 1.54) is 4.68 Å². The van der Waals surface area contributed by atoms with Gasteiger partial charge in [0.25, 0.3) is 0 Å². The molecule has 4 nitrogen and oxygen atoms in total. The van der Waals surface area contributed by atoms with Crippen LogP contribution in [0.1, 0.15) is 19.0 Å². The van der Waals surface area contributed by atoms with Gasteiger partial charge in [0.1, 0.15) is 5.69 Å². The minimum absolute atomic E-state index is 0.195. The summed E-state index contributed by atoms with van der Waals surface area (Å²) >= 11 is 0. The van der Waals surface area contributed by atoms with E-state index < -0.39 is 19.2 Å². The molecule has 0 aliphatic carbocycles. The van der Waals surface area contributed by atoms with Crippen LogP contribution in [0.4, 0.5) is 18.9 Å². The summed E-state index contributed by atoms with van der Waals surface area (Å²) in [6.07, 6.45) is -4.61. The highest BCUT2D eigenvalue weighted by Crippen LogP contribution is 2.26. The quantitative estimate of drug-likeness (QED) is 0.870. The number of nitrogens with two attached hydrogens (primary N) is 1. The van der Waals surface area contributed by atoms with Gasteiger partial charge < -0.3 is 10.5 Å². The molecule has 0 bridgehead atoms. The van der Waals surface area contributed by atoms with Crippen molar-refractivity contribution in [1.82, 2.24) is 9.78 Å². The molecule has 0 saturated carbocycles. The smallest absolute Gasteiger partial charge is 0.392 e. The fourth-order valence-electron chi connectivity index (χ4n) is 1.27. The van der Waals surface area contributed by atoms with Crippen LogP contribution in [0.3, 0.4) is 0 Å². The molecule has 0 saturated heterocycles. The number of aryl methyl sites for hydroxylation is 2. The molecule has 1 heterocycles. The highest BCUT2D eigenvalue weighted by Gasteiger charge is 2.27. The molecule has 0 unspecified atom stereocenters. The topological polar surface area (TPSA) is 53.1 Å². The van der Waals surface area contributed by atoms with Gasteiger partial charge in [-0.1, -0.05) is 6.92 Å². The molecule has 92 valence electrons. The summed E-state index contributed by atoms with van der Waals surface area (Å²) in [7, 11) is 1.58. The van der Waals surface area contributed by atoms with Crippen LogP contribution in [0.15, 0.2) is 0 Å². The Morgan fingerprint density at radius 3 is 2.50 bits per heavy atom. The second kappa shape index (κ2) is 4.63. The van der Waals surface area contributed by atoms with E-state index in [4.69, 9.17) is 10.5 Å². The largest absolute Gasteiger partial charge is 0.476 e. The molecular formula is C9H14F3N3O. The van der Waals surface area contributed by atoms with Crippen molar-refractivity contribution in [3.63, 3.8) is 0 Å². The Morgan fingerprint density at radius 1 is 1.44 bits per heavy atom. The van der Waals surface area contributed by atoms with Crippen molar-refractivity contribution in [2.24, 2.45) is 7.05 Å². The van der Waals surface area contributed by atoms with Crippen LogP contribution in [0, 0.1) is 0 Å². The van der Waals surface area contributed by atoms with Gasteiger partial charge in [-0.2, -0.15) is 18.3 Å². The summed E-state index contributed by atoms with van der Waals surface area (Å²) in [5.41, 5.74) is 6.62. The number of hydrogen-bond donors (Lipinski definition) is 1. The molecule has 7 heteroatoms. The molecule has 0 fully saturated rings. The number of hydrogen-bond acceptors (Lipinski definition) is 3. The van der Waals surface area contributed by atoms with Crippen molar-refractivity contribution >= 4 is 5.69 Å². The molecule has 0 aromatic carbocycles.